The Balaban J connectivity index is 3.19. The standard InChI is InChI=1S/C9H18O2S/c1-3-4-5-9(12)6-7-11-8(2)10/h9,12H,3-7H2,1-2H3. The van der Waals surface area contributed by atoms with E-state index in [4.69, 9.17) is 4.74 Å². The van der Waals surface area contributed by atoms with Crippen molar-refractivity contribution < 1.29 is 9.53 Å². The first-order valence-electron chi connectivity index (χ1n) is 4.48. The summed E-state index contributed by atoms with van der Waals surface area (Å²) in [5, 5.41) is 0.379. The lowest BCUT2D eigenvalue weighted by atomic mass is 10.1. The molecule has 0 rings (SSSR count). The Bertz CT molecular complexity index is 126. The molecule has 0 fully saturated rings. The largest absolute Gasteiger partial charge is 0.466 e. The molecule has 0 aromatic rings. The van der Waals surface area contributed by atoms with Crippen molar-refractivity contribution in [2.24, 2.45) is 0 Å². The maximum Gasteiger partial charge on any atom is 0.302 e. The normalized spacial score (nSPS) is 12.6. The van der Waals surface area contributed by atoms with E-state index in [0.717, 1.165) is 12.8 Å². The van der Waals surface area contributed by atoms with Crippen LogP contribution in [-0.4, -0.2) is 17.8 Å². The average Bonchev–Trinajstić information content (AvgIpc) is 2.00. The van der Waals surface area contributed by atoms with Crippen LogP contribution in [0.5, 0.6) is 0 Å². The van der Waals surface area contributed by atoms with Gasteiger partial charge in [-0.3, -0.25) is 4.79 Å². The molecule has 72 valence electrons. The number of rotatable bonds is 6. The molecule has 0 heterocycles. The maximum absolute atomic E-state index is 10.4. The minimum absolute atomic E-state index is 0.203. The van der Waals surface area contributed by atoms with Gasteiger partial charge in [-0.25, -0.2) is 0 Å². The third-order valence-corrected chi connectivity index (χ3v) is 2.16. The van der Waals surface area contributed by atoms with E-state index >= 15 is 0 Å². The van der Waals surface area contributed by atoms with Crippen LogP contribution in [0.15, 0.2) is 0 Å². The summed E-state index contributed by atoms with van der Waals surface area (Å²) in [5.74, 6) is -0.203. The zero-order chi connectivity index (χ0) is 9.40. The Morgan fingerprint density at radius 3 is 2.67 bits per heavy atom. The van der Waals surface area contributed by atoms with E-state index in [1.165, 1.54) is 19.8 Å². The van der Waals surface area contributed by atoms with E-state index in [1.54, 1.807) is 0 Å². The lowest BCUT2D eigenvalue weighted by Gasteiger charge is -2.08. The molecule has 0 aliphatic rings. The second kappa shape index (κ2) is 7.47. The predicted molar refractivity (Wildman–Crippen MR) is 53.5 cm³/mol. The number of unbranched alkanes of at least 4 members (excludes halogenated alkanes) is 1. The quantitative estimate of drug-likeness (QED) is 0.514. The van der Waals surface area contributed by atoms with Gasteiger partial charge in [-0.15, -0.1) is 0 Å². The van der Waals surface area contributed by atoms with Gasteiger partial charge in [0.05, 0.1) is 6.61 Å². The van der Waals surface area contributed by atoms with Gasteiger partial charge in [-0.2, -0.15) is 12.6 Å². The molecule has 0 amide bonds. The fourth-order valence-corrected chi connectivity index (χ4v) is 1.21. The highest BCUT2D eigenvalue weighted by Gasteiger charge is 2.02. The van der Waals surface area contributed by atoms with Gasteiger partial charge in [-0.1, -0.05) is 19.8 Å². The molecular formula is C9H18O2S. The molecule has 12 heavy (non-hydrogen) atoms. The van der Waals surface area contributed by atoms with E-state index < -0.39 is 0 Å². The average molecular weight is 190 g/mol. The van der Waals surface area contributed by atoms with Gasteiger partial charge in [0, 0.05) is 12.2 Å². The van der Waals surface area contributed by atoms with Crippen molar-refractivity contribution >= 4 is 18.6 Å². The monoisotopic (exact) mass is 190 g/mol. The number of ether oxygens (including phenoxy) is 1. The molecular weight excluding hydrogens is 172 g/mol. The topological polar surface area (TPSA) is 26.3 Å². The van der Waals surface area contributed by atoms with E-state index in [2.05, 4.69) is 19.6 Å². The molecule has 0 aromatic carbocycles. The van der Waals surface area contributed by atoms with Gasteiger partial charge in [0.2, 0.25) is 0 Å². The Morgan fingerprint density at radius 2 is 2.17 bits per heavy atom. The third-order valence-electron chi connectivity index (χ3n) is 1.65. The van der Waals surface area contributed by atoms with Crippen LogP contribution in [0.25, 0.3) is 0 Å². The fraction of sp³-hybridized carbons (Fsp3) is 0.889. The highest BCUT2D eigenvalue weighted by Crippen LogP contribution is 2.10. The molecule has 2 nitrogen and oxygen atoms in total. The van der Waals surface area contributed by atoms with Crippen LogP contribution in [0.1, 0.15) is 39.5 Å². The Hall–Kier alpha value is -0.180. The summed E-state index contributed by atoms with van der Waals surface area (Å²) in [4.78, 5) is 10.4. The summed E-state index contributed by atoms with van der Waals surface area (Å²) in [7, 11) is 0. The maximum atomic E-state index is 10.4. The Kier molecular flexibility index (Phi) is 7.36. The Morgan fingerprint density at radius 1 is 1.50 bits per heavy atom. The van der Waals surface area contributed by atoms with Crippen LogP contribution in [0, 0.1) is 0 Å². The second-order valence-electron chi connectivity index (χ2n) is 2.92. The fourth-order valence-electron chi connectivity index (χ4n) is 0.923. The van der Waals surface area contributed by atoms with Crippen LogP contribution >= 0.6 is 12.6 Å². The lowest BCUT2D eigenvalue weighted by Crippen LogP contribution is -2.07. The van der Waals surface area contributed by atoms with Crippen LogP contribution < -0.4 is 0 Å². The van der Waals surface area contributed by atoms with Crippen molar-refractivity contribution in [2.75, 3.05) is 6.61 Å². The SMILES string of the molecule is CCCCC(S)CCOC(C)=O. The van der Waals surface area contributed by atoms with Crippen LogP contribution in [0.4, 0.5) is 0 Å². The van der Waals surface area contributed by atoms with Crippen molar-refractivity contribution in [3.05, 3.63) is 0 Å². The molecule has 0 aromatic heterocycles. The summed E-state index contributed by atoms with van der Waals surface area (Å²) < 4.78 is 4.80. The summed E-state index contributed by atoms with van der Waals surface area (Å²) in [5.41, 5.74) is 0. The first-order chi connectivity index (χ1) is 5.66. The molecule has 3 heteroatoms. The van der Waals surface area contributed by atoms with Gasteiger partial charge in [0.15, 0.2) is 0 Å². The van der Waals surface area contributed by atoms with E-state index in [-0.39, 0.29) is 5.97 Å². The molecule has 0 saturated carbocycles. The highest BCUT2D eigenvalue weighted by molar-refractivity contribution is 7.80. The number of carbonyl (C=O) groups is 1. The van der Waals surface area contributed by atoms with Gasteiger partial charge in [0.1, 0.15) is 0 Å². The molecule has 0 radical (unpaired) electrons. The molecule has 0 N–H and O–H groups in total. The minimum Gasteiger partial charge on any atom is -0.466 e. The number of hydrogen-bond acceptors (Lipinski definition) is 3. The first-order valence-corrected chi connectivity index (χ1v) is 5.00. The molecule has 1 atom stereocenters. The van der Waals surface area contributed by atoms with Gasteiger partial charge in [0.25, 0.3) is 0 Å². The van der Waals surface area contributed by atoms with E-state index in [0.29, 0.717) is 11.9 Å². The van der Waals surface area contributed by atoms with Crippen LogP contribution in [-0.2, 0) is 9.53 Å². The summed E-state index contributed by atoms with van der Waals surface area (Å²) >= 11 is 4.38. The predicted octanol–water partition coefficient (Wildman–Crippen LogP) is 2.43. The highest BCUT2D eigenvalue weighted by atomic mass is 32.1. The van der Waals surface area contributed by atoms with E-state index in [1.807, 2.05) is 0 Å². The number of thiol groups is 1. The zero-order valence-corrected chi connectivity index (χ0v) is 8.77. The molecule has 0 aliphatic carbocycles. The number of esters is 1. The number of hydrogen-bond donors (Lipinski definition) is 1. The molecule has 0 saturated heterocycles. The van der Waals surface area contributed by atoms with Crippen molar-refractivity contribution in [1.82, 2.24) is 0 Å². The molecule has 0 spiro atoms. The smallest absolute Gasteiger partial charge is 0.302 e. The van der Waals surface area contributed by atoms with Crippen molar-refractivity contribution in [2.45, 2.75) is 44.8 Å². The summed E-state index contributed by atoms with van der Waals surface area (Å²) in [6.07, 6.45) is 4.38. The lowest BCUT2D eigenvalue weighted by molar-refractivity contribution is -0.141. The molecule has 1 unspecified atom stereocenters. The number of carbonyl (C=O) groups excluding carboxylic acids is 1. The summed E-state index contributed by atoms with van der Waals surface area (Å²) in [6, 6.07) is 0. The van der Waals surface area contributed by atoms with Gasteiger partial charge in [-0.05, 0) is 12.8 Å². The van der Waals surface area contributed by atoms with Gasteiger partial charge >= 0.3 is 5.97 Å². The van der Waals surface area contributed by atoms with Gasteiger partial charge < -0.3 is 4.74 Å². The van der Waals surface area contributed by atoms with Crippen molar-refractivity contribution in [3.8, 4) is 0 Å². The minimum atomic E-state index is -0.203. The van der Waals surface area contributed by atoms with Crippen LogP contribution in [0.3, 0.4) is 0 Å². The first kappa shape index (κ1) is 11.8. The van der Waals surface area contributed by atoms with Crippen molar-refractivity contribution in [1.29, 1.82) is 0 Å². The summed E-state index contributed by atoms with van der Waals surface area (Å²) in [6.45, 7) is 4.10. The van der Waals surface area contributed by atoms with Crippen molar-refractivity contribution in [3.63, 3.8) is 0 Å². The Labute approximate surface area is 80.1 Å². The zero-order valence-electron chi connectivity index (χ0n) is 7.88. The second-order valence-corrected chi connectivity index (χ2v) is 3.66. The van der Waals surface area contributed by atoms with E-state index in [9.17, 15) is 4.79 Å². The molecule has 0 bridgehead atoms. The van der Waals surface area contributed by atoms with Crippen LogP contribution in [0.2, 0.25) is 0 Å². The third kappa shape index (κ3) is 7.92. The molecule has 0 aliphatic heterocycles.